The van der Waals surface area contributed by atoms with E-state index in [0.717, 1.165) is 27.2 Å². The van der Waals surface area contributed by atoms with Crippen LogP contribution < -0.4 is 0 Å². The van der Waals surface area contributed by atoms with Crippen LogP contribution in [0, 0.1) is 13.8 Å². The van der Waals surface area contributed by atoms with Crippen LogP contribution in [0.25, 0.3) is 10.1 Å². The van der Waals surface area contributed by atoms with Gasteiger partial charge in [-0.1, -0.05) is 11.6 Å². The van der Waals surface area contributed by atoms with Crippen molar-refractivity contribution in [2.75, 3.05) is 0 Å². The molecule has 0 fully saturated rings. The van der Waals surface area contributed by atoms with Gasteiger partial charge in [0.25, 0.3) is 0 Å². The standard InChI is InChI=1S/C12H10O4S/c1-5-3-6(2)9-7(4-5)8(11(13)14)10(17-9)12(15)16/h3-4H,1-2H3,(H,13,14)(H,15,16). The van der Waals surface area contributed by atoms with Crippen LogP contribution in [0.3, 0.4) is 0 Å². The second kappa shape index (κ2) is 3.85. The van der Waals surface area contributed by atoms with Crippen LogP contribution in [0.2, 0.25) is 0 Å². The van der Waals surface area contributed by atoms with Crippen LogP contribution in [0.1, 0.15) is 31.2 Å². The molecule has 0 spiro atoms. The molecule has 4 nitrogen and oxygen atoms in total. The molecular formula is C12H10O4S. The summed E-state index contributed by atoms with van der Waals surface area (Å²) in [5.74, 6) is -2.39. The number of aryl methyl sites for hydroxylation is 2. The Labute approximate surface area is 101 Å². The fraction of sp³-hybridized carbons (Fsp3) is 0.167. The van der Waals surface area contributed by atoms with Crippen molar-refractivity contribution in [3.63, 3.8) is 0 Å². The summed E-state index contributed by atoms with van der Waals surface area (Å²) < 4.78 is 0.727. The minimum Gasteiger partial charge on any atom is -0.478 e. The highest BCUT2D eigenvalue weighted by atomic mass is 32.1. The van der Waals surface area contributed by atoms with E-state index in [1.165, 1.54) is 0 Å². The first-order chi connectivity index (χ1) is 7.91. The molecule has 0 saturated heterocycles. The first-order valence-electron chi connectivity index (χ1n) is 4.92. The van der Waals surface area contributed by atoms with Gasteiger partial charge in [-0.05, 0) is 25.5 Å². The average molecular weight is 250 g/mol. The molecule has 0 unspecified atom stereocenters. The number of carboxylic acid groups (broad SMARTS) is 2. The van der Waals surface area contributed by atoms with Gasteiger partial charge in [-0.3, -0.25) is 0 Å². The molecule has 0 atom stereocenters. The van der Waals surface area contributed by atoms with Gasteiger partial charge in [-0.2, -0.15) is 0 Å². The van der Waals surface area contributed by atoms with Crippen molar-refractivity contribution in [3.05, 3.63) is 33.7 Å². The molecule has 88 valence electrons. The predicted octanol–water partition coefficient (Wildman–Crippen LogP) is 2.91. The number of benzene rings is 1. The second-order valence-electron chi connectivity index (χ2n) is 3.87. The van der Waals surface area contributed by atoms with Gasteiger partial charge in [-0.25, -0.2) is 9.59 Å². The Morgan fingerprint density at radius 3 is 2.29 bits per heavy atom. The quantitative estimate of drug-likeness (QED) is 0.859. The Morgan fingerprint density at radius 1 is 1.12 bits per heavy atom. The van der Waals surface area contributed by atoms with E-state index in [1.54, 1.807) is 6.07 Å². The molecule has 17 heavy (non-hydrogen) atoms. The third-order valence-electron chi connectivity index (χ3n) is 2.53. The van der Waals surface area contributed by atoms with E-state index in [2.05, 4.69) is 0 Å². The zero-order valence-electron chi connectivity index (χ0n) is 9.27. The average Bonchev–Trinajstić information content (AvgIpc) is 2.56. The monoisotopic (exact) mass is 250 g/mol. The summed E-state index contributed by atoms with van der Waals surface area (Å²) in [4.78, 5) is 22.1. The Morgan fingerprint density at radius 2 is 1.76 bits per heavy atom. The fourth-order valence-corrected chi connectivity index (χ4v) is 3.00. The van der Waals surface area contributed by atoms with Crippen molar-refractivity contribution in [2.45, 2.75) is 13.8 Å². The number of fused-ring (bicyclic) bond motifs is 1. The topological polar surface area (TPSA) is 74.6 Å². The molecule has 1 aromatic heterocycles. The van der Waals surface area contributed by atoms with Crippen molar-refractivity contribution in [1.82, 2.24) is 0 Å². The van der Waals surface area contributed by atoms with Crippen LogP contribution in [0.5, 0.6) is 0 Å². The summed E-state index contributed by atoms with van der Waals surface area (Å²) in [7, 11) is 0. The number of hydrogen-bond acceptors (Lipinski definition) is 3. The summed E-state index contributed by atoms with van der Waals surface area (Å²) in [6.07, 6.45) is 0. The van der Waals surface area contributed by atoms with Crippen LogP contribution in [0.4, 0.5) is 0 Å². The number of hydrogen-bond donors (Lipinski definition) is 2. The van der Waals surface area contributed by atoms with E-state index in [1.807, 2.05) is 19.9 Å². The first-order valence-corrected chi connectivity index (χ1v) is 5.73. The summed E-state index contributed by atoms with van der Waals surface area (Å²) >= 11 is 1.02. The van der Waals surface area contributed by atoms with Gasteiger partial charge >= 0.3 is 11.9 Å². The Bertz CT molecular complexity index is 639. The first kappa shape index (κ1) is 11.6. The zero-order valence-corrected chi connectivity index (χ0v) is 10.1. The highest BCUT2D eigenvalue weighted by molar-refractivity contribution is 7.21. The molecule has 0 radical (unpaired) electrons. The van der Waals surface area contributed by atoms with Crippen molar-refractivity contribution in [1.29, 1.82) is 0 Å². The highest BCUT2D eigenvalue weighted by Crippen LogP contribution is 2.34. The molecule has 0 bridgehead atoms. The van der Waals surface area contributed by atoms with E-state index < -0.39 is 11.9 Å². The summed E-state index contributed by atoms with van der Waals surface area (Å²) in [5, 5.41) is 18.7. The molecule has 0 amide bonds. The number of aromatic carboxylic acids is 2. The molecule has 0 aliphatic rings. The van der Waals surface area contributed by atoms with Gasteiger partial charge in [0.15, 0.2) is 0 Å². The van der Waals surface area contributed by atoms with Gasteiger partial charge in [0.05, 0.1) is 5.56 Å². The lowest BCUT2D eigenvalue weighted by molar-refractivity contribution is 0.0657. The SMILES string of the molecule is Cc1cc(C)c2sc(C(=O)O)c(C(=O)O)c2c1. The maximum atomic E-state index is 11.2. The van der Waals surface area contributed by atoms with Gasteiger partial charge in [-0.15, -0.1) is 11.3 Å². The zero-order chi connectivity index (χ0) is 12.7. The van der Waals surface area contributed by atoms with Gasteiger partial charge in [0.2, 0.25) is 0 Å². The highest BCUT2D eigenvalue weighted by Gasteiger charge is 2.23. The number of carboxylic acids is 2. The van der Waals surface area contributed by atoms with E-state index >= 15 is 0 Å². The maximum Gasteiger partial charge on any atom is 0.346 e. The van der Waals surface area contributed by atoms with Crippen LogP contribution >= 0.6 is 11.3 Å². The van der Waals surface area contributed by atoms with Crippen molar-refractivity contribution >= 4 is 33.4 Å². The number of rotatable bonds is 2. The molecule has 2 aromatic rings. The minimum absolute atomic E-state index is 0.107. The van der Waals surface area contributed by atoms with E-state index in [9.17, 15) is 9.59 Å². The molecule has 0 saturated carbocycles. The lowest BCUT2D eigenvalue weighted by Crippen LogP contribution is -2.04. The molecule has 0 aliphatic carbocycles. The molecule has 2 N–H and O–H groups in total. The molecule has 1 heterocycles. The second-order valence-corrected chi connectivity index (χ2v) is 4.90. The van der Waals surface area contributed by atoms with Crippen molar-refractivity contribution in [2.24, 2.45) is 0 Å². The Balaban J connectivity index is 2.95. The van der Waals surface area contributed by atoms with Crippen LogP contribution in [-0.2, 0) is 0 Å². The minimum atomic E-state index is -1.20. The molecule has 5 heteroatoms. The lowest BCUT2D eigenvalue weighted by atomic mass is 10.1. The van der Waals surface area contributed by atoms with E-state index in [0.29, 0.717) is 5.39 Å². The van der Waals surface area contributed by atoms with Gasteiger partial charge in [0, 0.05) is 10.1 Å². The third-order valence-corrected chi connectivity index (χ3v) is 3.86. The van der Waals surface area contributed by atoms with Crippen molar-refractivity contribution in [3.8, 4) is 0 Å². The third kappa shape index (κ3) is 1.78. The molecule has 0 aliphatic heterocycles. The smallest absolute Gasteiger partial charge is 0.346 e. The maximum absolute atomic E-state index is 11.2. The van der Waals surface area contributed by atoms with Crippen LogP contribution in [0.15, 0.2) is 12.1 Å². The van der Waals surface area contributed by atoms with Gasteiger partial charge < -0.3 is 10.2 Å². The Hall–Kier alpha value is -1.88. The Kier molecular flexibility index (Phi) is 2.63. The summed E-state index contributed by atoms with van der Waals surface area (Å²) in [6.45, 7) is 3.71. The number of thiophene rings is 1. The fourth-order valence-electron chi connectivity index (χ4n) is 1.91. The predicted molar refractivity (Wildman–Crippen MR) is 65.2 cm³/mol. The van der Waals surface area contributed by atoms with E-state index in [4.69, 9.17) is 10.2 Å². The molecule has 1 aromatic carbocycles. The number of carbonyl (C=O) groups is 2. The molecule has 2 rings (SSSR count). The normalized spacial score (nSPS) is 10.7. The van der Waals surface area contributed by atoms with Gasteiger partial charge in [0.1, 0.15) is 4.88 Å². The van der Waals surface area contributed by atoms with E-state index in [-0.39, 0.29) is 10.4 Å². The molecular weight excluding hydrogens is 240 g/mol. The summed E-state index contributed by atoms with van der Waals surface area (Å²) in [6, 6.07) is 3.63. The van der Waals surface area contributed by atoms with Crippen molar-refractivity contribution < 1.29 is 19.8 Å². The van der Waals surface area contributed by atoms with Crippen LogP contribution in [-0.4, -0.2) is 22.2 Å². The lowest BCUT2D eigenvalue weighted by Gasteiger charge is -1.99. The summed E-state index contributed by atoms with van der Waals surface area (Å²) in [5.41, 5.74) is 1.72. The largest absolute Gasteiger partial charge is 0.478 e.